The van der Waals surface area contributed by atoms with Crippen LogP contribution in [0.2, 0.25) is 0 Å². The number of fused-ring (bicyclic) bond motifs is 1. The average Bonchev–Trinajstić information content (AvgIpc) is 2.43. The number of aryl methyl sites for hydroxylation is 1. The fraction of sp³-hybridized carbons (Fsp3) is 0.438. The summed E-state index contributed by atoms with van der Waals surface area (Å²) in [6.07, 6.45) is 1.10. The van der Waals surface area contributed by atoms with E-state index in [4.69, 9.17) is 9.72 Å². The minimum Gasteiger partial charge on any atom is -0.383 e. The second-order valence-electron chi connectivity index (χ2n) is 4.84. The number of para-hydroxylation sites is 1. The molecule has 1 aromatic carbocycles. The molecule has 19 heavy (non-hydrogen) atoms. The largest absolute Gasteiger partial charge is 0.383 e. The summed E-state index contributed by atoms with van der Waals surface area (Å²) in [6, 6.07) is 10.6. The lowest BCUT2D eigenvalue weighted by Gasteiger charge is -2.18. The zero-order chi connectivity index (χ0) is 13.7. The molecule has 0 saturated heterocycles. The normalized spacial score (nSPS) is 12.8. The molecule has 0 aliphatic rings. The molecule has 0 bridgehead atoms. The number of aromatic nitrogens is 1. The van der Waals surface area contributed by atoms with Gasteiger partial charge in [0.2, 0.25) is 0 Å². The number of nitrogens with one attached hydrogen (secondary N) is 1. The molecule has 2 rings (SSSR count). The van der Waals surface area contributed by atoms with Gasteiger partial charge in [0.1, 0.15) is 0 Å². The molecule has 1 unspecified atom stereocenters. The lowest BCUT2D eigenvalue weighted by molar-refractivity contribution is 0.165. The van der Waals surface area contributed by atoms with Crippen molar-refractivity contribution in [1.29, 1.82) is 0 Å². The number of hydrogen-bond acceptors (Lipinski definition) is 3. The topological polar surface area (TPSA) is 34.1 Å². The molecule has 0 fully saturated rings. The summed E-state index contributed by atoms with van der Waals surface area (Å²) in [4.78, 5) is 4.77. The smallest absolute Gasteiger partial charge is 0.0732 e. The monoisotopic (exact) mass is 258 g/mol. The van der Waals surface area contributed by atoms with Crippen molar-refractivity contribution in [2.24, 2.45) is 0 Å². The van der Waals surface area contributed by atoms with Gasteiger partial charge in [-0.1, -0.05) is 25.1 Å². The molecule has 3 nitrogen and oxygen atoms in total. The van der Waals surface area contributed by atoms with Crippen LogP contribution < -0.4 is 5.32 Å². The molecule has 102 valence electrons. The number of benzene rings is 1. The molecule has 0 aliphatic carbocycles. The molecule has 0 aliphatic heterocycles. The Kier molecular flexibility index (Phi) is 4.88. The van der Waals surface area contributed by atoms with Crippen LogP contribution in [0.4, 0.5) is 0 Å². The van der Waals surface area contributed by atoms with E-state index >= 15 is 0 Å². The van der Waals surface area contributed by atoms with E-state index in [9.17, 15) is 0 Å². The van der Waals surface area contributed by atoms with Gasteiger partial charge < -0.3 is 10.1 Å². The van der Waals surface area contributed by atoms with E-state index in [0.717, 1.165) is 24.2 Å². The lowest BCUT2D eigenvalue weighted by atomic mass is 10.1. The van der Waals surface area contributed by atoms with Gasteiger partial charge in [-0.15, -0.1) is 0 Å². The van der Waals surface area contributed by atoms with Crippen LogP contribution in [0.25, 0.3) is 10.9 Å². The maximum Gasteiger partial charge on any atom is 0.0732 e. The van der Waals surface area contributed by atoms with E-state index in [0.29, 0.717) is 6.61 Å². The summed E-state index contributed by atoms with van der Waals surface area (Å²) in [6.45, 7) is 5.92. The van der Waals surface area contributed by atoms with Gasteiger partial charge in [-0.05, 0) is 37.6 Å². The molecule has 1 heterocycles. The third-order valence-corrected chi connectivity index (χ3v) is 3.27. The van der Waals surface area contributed by atoms with Crippen LogP contribution in [0.3, 0.4) is 0 Å². The van der Waals surface area contributed by atoms with Gasteiger partial charge in [-0.3, -0.25) is 4.98 Å². The zero-order valence-electron chi connectivity index (χ0n) is 11.9. The van der Waals surface area contributed by atoms with Gasteiger partial charge in [0, 0.05) is 12.5 Å². The highest BCUT2D eigenvalue weighted by Gasteiger charge is 2.13. The summed E-state index contributed by atoms with van der Waals surface area (Å²) in [7, 11) is 1.73. The molecule has 0 spiro atoms. The van der Waals surface area contributed by atoms with Gasteiger partial charge in [-0.2, -0.15) is 0 Å². The molecule has 2 aromatic rings. The Morgan fingerprint density at radius 1 is 1.32 bits per heavy atom. The van der Waals surface area contributed by atoms with Crippen molar-refractivity contribution in [2.75, 3.05) is 20.3 Å². The first-order valence-corrected chi connectivity index (χ1v) is 6.85. The quantitative estimate of drug-likeness (QED) is 0.863. The molecule has 0 radical (unpaired) electrons. The number of nitrogens with zero attached hydrogens (tertiary/aromatic N) is 1. The van der Waals surface area contributed by atoms with Crippen LogP contribution in [0.1, 0.15) is 30.6 Å². The van der Waals surface area contributed by atoms with E-state index in [2.05, 4.69) is 43.4 Å². The minimum atomic E-state index is 0.160. The third kappa shape index (κ3) is 3.31. The van der Waals surface area contributed by atoms with Crippen molar-refractivity contribution >= 4 is 10.9 Å². The molecule has 3 heteroatoms. The summed E-state index contributed by atoms with van der Waals surface area (Å²) >= 11 is 0. The lowest BCUT2D eigenvalue weighted by Crippen LogP contribution is -2.26. The van der Waals surface area contributed by atoms with E-state index in [1.807, 2.05) is 6.07 Å². The number of hydrogen-bond donors (Lipinski definition) is 1. The van der Waals surface area contributed by atoms with Crippen molar-refractivity contribution < 1.29 is 4.74 Å². The Labute approximate surface area is 115 Å². The highest BCUT2D eigenvalue weighted by atomic mass is 16.5. The van der Waals surface area contributed by atoms with Gasteiger partial charge >= 0.3 is 0 Å². The maximum absolute atomic E-state index is 5.30. The predicted octanol–water partition coefficient (Wildman–Crippen LogP) is 3.23. The van der Waals surface area contributed by atoms with Crippen LogP contribution in [0, 0.1) is 6.92 Å². The second kappa shape index (κ2) is 6.64. The van der Waals surface area contributed by atoms with Gasteiger partial charge in [0.05, 0.1) is 23.9 Å². The van der Waals surface area contributed by atoms with E-state index in [1.54, 1.807) is 7.11 Å². The summed E-state index contributed by atoms with van der Waals surface area (Å²) < 4.78 is 5.30. The highest BCUT2D eigenvalue weighted by Crippen LogP contribution is 2.21. The fourth-order valence-corrected chi connectivity index (χ4v) is 2.29. The second-order valence-corrected chi connectivity index (χ2v) is 4.84. The van der Waals surface area contributed by atoms with Crippen LogP contribution in [0.15, 0.2) is 30.3 Å². The zero-order valence-corrected chi connectivity index (χ0v) is 11.9. The Bertz CT molecular complexity index is 539. The van der Waals surface area contributed by atoms with E-state index in [1.165, 1.54) is 10.9 Å². The molecule has 1 N–H and O–H groups in total. The van der Waals surface area contributed by atoms with Gasteiger partial charge in [-0.25, -0.2) is 0 Å². The number of rotatable bonds is 6. The highest BCUT2D eigenvalue weighted by molar-refractivity contribution is 5.82. The van der Waals surface area contributed by atoms with Crippen LogP contribution >= 0.6 is 0 Å². The maximum atomic E-state index is 5.30. The Balaban J connectivity index is 2.36. The molecular weight excluding hydrogens is 236 g/mol. The van der Waals surface area contributed by atoms with Crippen LogP contribution in [-0.4, -0.2) is 25.2 Å². The first-order valence-electron chi connectivity index (χ1n) is 6.85. The van der Waals surface area contributed by atoms with Crippen LogP contribution in [0.5, 0.6) is 0 Å². The Morgan fingerprint density at radius 2 is 2.11 bits per heavy atom. The van der Waals surface area contributed by atoms with Gasteiger partial charge in [0.25, 0.3) is 0 Å². The molecule has 0 amide bonds. The van der Waals surface area contributed by atoms with Gasteiger partial charge in [0.15, 0.2) is 0 Å². The summed E-state index contributed by atoms with van der Waals surface area (Å²) in [5.74, 6) is 0. The van der Waals surface area contributed by atoms with Crippen molar-refractivity contribution in [3.8, 4) is 0 Å². The predicted molar refractivity (Wildman–Crippen MR) is 79.4 cm³/mol. The molecular formula is C16H22N2O. The summed E-state index contributed by atoms with van der Waals surface area (Å²) in [5, 5.41) is 4.71. The number of ether oxygens (including phenoxy) is 1. The average molecular weight is 258 g/mol. The molecule has 1 aromatic heterocycles. The minimum absolute atomic E-state index is 0.160. The van der Waals surface area contributed by atoms with Crippen molar-refractivity contribution in [3.63, 3.8) is 0 Å². The summed E-state index contributed by atoms with van der Waals surface area (Å²) in [5.41, 5.74) is 3.38. The van der Waals surface area contributed by atoms with Crippen LogP contribution in [-0.2, 0) is 4.74 Å². The Hall–Kier alpha value is -1.45. The number of pyridine rings is 1. The standard InChI is InChI=1S/C16H22N2O/c1-4-9-17-16(11-19-3)15-10-12(2)13-7-5-6-8-14(13)18-15/h5-8,10,16-17H,4,9,11H2,1-3H3. The van der Waals surface area contributed by atoms with Crippen molar-refractivity contribution in [2.45, 2.75) is 26.3 Å². The third-order valence-electron chi connectivity index (χ3n) is 3.27. The van der Waals surface area contributed by atoms with Crippen molar-refractivity contribution in [3.05, 3.63) is 41.6 Å². The van der Waals surface area contributed by atoms with E-state index < -0.39 is 0 Å². The molecule has 0 saturated carbocycles. The van der Waals surface area contributed by atoms with E-state index in [-0.39, 0.29) is 6.04 Å². The first-order chi connectivity index (χ1) is 9.26. The Morgan fingerprint density at radius 3 is 2.84 bits per heavy atom. The van der Waals surface area contributed by atoms with Crippen molar-refractivity contribution in [1.82, 2.24) is 10.3 Å². The molecule has 1 atom stereocenters. The fourth-order valence-electron chi connectivity index (χ4n) is 2.29. The number of methoxy groups -OCH3 is 1. The first kappa shape index (κ1) is 14.0. The SMILES string of the molecule is CCCNC(COC)c1cc(C)c2ccccc2n1.